The van der Waals surface area contributed by atoms with Crippen molar-refractivity contribution in [3.63, 3.8) is 0 Å². The molecular weight excluding hydrogens is 252 g/mol. The fraction of sp³-hybridized carbons (Fsp3) is 0.125. The van der Waals surface area contributed by atoms with E-state index in [9.17, 15) is 0 Å². The minimum atomic E-state index is 0.518. The molecule has 0 aliphatic carbocycles. The van der Waals surface area contributed by atoms with E-state index in [2.05, 4.69) is 10.1 Å². The number of methoxy groups -OCH3 is 1. The molecule has 0 saturated heterocycles. The maximum Gasteiger partial charge on any atom is 0.258 e. The molecule has 0 aliphatic heterocycles. The second-order valence-electron chi connectivity index (χ2n) is 4.44. The van der Waals surface area contributed by atoms with Gasteiger partial charge in [0.25, 0.3) is 5.89 Å². The van der Waals surface area contributed by atoms with Gasteiger partial charge in [0.15, 0.2) is 0 Å². The highest BCUT2D eigenvalue weighted by Crippen LogP contribution is 2.29. The summed E-state index contributed by atoms with van der Waals surface area (Å²) in [6.45, 7) is 2.02. The number of nitrogens with zero attached hydrogens (tertiary/aromatic N) is 2. The maximum absolute atomic E-state index is 5.37. The maximum atomic E-state index is 5.37. The minimum absolute atomic E-state index is 0.518. The van der Waals surface area contributed by atoms with Gasteiger partial charge in [-0.05, 0) is 30.7 Å². The molecular formula is C16H14N2O2. The van der Waals surface area contributed by atoms with E-state index in [0.29, 0.717) is 11.7 Å². The van der Waals surface area contributed by atoms with Gasteiger partial charge in [0.05, 0.1) is 12.7 Å². The fourth-order valence-corrected chi connectivity index (χ4v) is 2.08. The molecule has 0 spiro atoms. The van der Waals surface area contributed by atoms with Gasteiger partial charge in [-0.3, -0.25) is 0 Å². The highest BCUT2D eigenvalue weighted by molar-refractivity contribution is 5.66. The summed E-state index contributed by atoms with van der Waals surface area (Å²) in [5.41, 5.74) is 2.86. The number of aryl methyl sites for hydroxylation is 1. The van der Waals surface area contributed by atoms with E-state index in [-0.39, 0.29) is 0 Å². The Labute approximate surface area is 117 Å². The number of rotatable bonds is 3. The lowest BCUT2D eigenvalue weighted by Gasteiger charge is -2.03. The average Bonchev–Trinajstić information content (AvgIpc) is 2.97. The smallest absolute Gasteiger partial charge is 0.258 e. The van der Waals surface area contributed by atoms with Crippen LogP contribution in [0.15, 0.2) is 53.1 Å². The van der Waals surface area contributed by atoms with Crippen molar-refractivity contribution in [3.8, 4) is 28.6 Å². The van der Waals surface area contributed by atoms with E-state index < -0.39 is 0 Å². The van der Waals surface area contributed by atoms with Gasteiger partial charge in [0, 0.05) is 5.56 Å². The van der Waals surface area contributed by atoms with Crippen molar-refractivity contribution in [2.75, 3.05) is 7.11 Å². The Morgan fingerprint density at radius 2 is 1.65 bits per heavy atom. The lowest BCUT2D eigenvalue weighted by Crippen LogP contribution is -1.89. The summed E-state index contributed by atoms with van der Waals surface area (Å²) in [5.74, 6) is 1.77. The Morgan fingerprint density at radius 1 is 0.950 bits per heavy atom. The third-order valence-electron chi connectivity index (χ3n) is 3.15. The van der Waals surface area contributed by atoms with Crippen molar-refractivity contribution in [2.45, 2.75) is 6.92 Å². The van der Waals surface area contributed by atoms with Gasteiger partial charge < -0.3 is 9.26 Å². The topological polar surface area (TPSA) is 48.2 Å². The second kappa shape index (κ2) is 5.17. The molecule has 3 aromatic rings. The summed E-state index contributed by atoms with van der Waals surface area (Å²) in [5, 5.41) is 4.05. The van der Waals surface area contributed by atoms with Gasteiger partial charge >= 0.3 is 0 Å². The van der Waals surface area contributed by atoms with E-state index >= 15 is 0 Å². The number of ether oxygens (including phenoxy) is 1. The van der Waals surface area contributed by atoms with Crippen LogP contribution < -0.4 is 4.74 Å². The Balaban J connectivity index is 2.05. The van der Waals surface area contributed by atoms with Gasteiger partial charge in [0.2, 0.25) is 5.82 Å². The van der Waals surface area contributed by atoms with Crippen LogP contribution in [0.1, 0.15) is 5.56 Å². The number of hydrogen-bond donors (Lipinski definition) is 0. The molecule has 0 fully saturated rings. The highest BCUT2D eigenvalue weighted by Gasteiger charge is 2.14. The monoisotopic (exact) mass is 266 g/mol. The SMILES string of the molecule is COc1ccccc1-c1noc(-c2ccccc2C)n1. The Bertz CT molecular complexity index is 735. The molecule has 4 heteroatoms. The van der Waals surface area contributed by atoms with Crippen molar-refractivity contribution >= 4 is 0 Å². The lowest BCUT2D eigenvalue weighted by atomic mass is 10.1. The first-order valence-electron chi connectivity index (χ1n) is 6.32. The predicted octanol–water partition coefficient (Wildman–Crippen LogP) is 3.72. The predicted molar refractivity (Wildman–Crippen MR) is 76.5 cm³/mol. The first kappa shape index (κ1) is 12.4. The number of hydrogen-bond acceptors (Lipinski definition) is 4. The highest BCUT2D eigenvalue weighted by atomic mass is 16.5. The largest absolute Gasteiger partial charge is 0.496 e. The quantitative estimate of drug-likeness (QED) is 0.725. The summed E-state index contributed by atoms with van der Waals surface area (Å²) in [6, 6.07) is 15.5. The molecule has 0 unspecified atom stereocenters. The lowest BCUT2D eigenvalue weighted by molar-refractivity contribution is 0.413. The number of benzene rings is 2. The first-order valence-corrected chi connectivity index (χ1v) is 6.32. The molecule has 4 nitrogen and oxygen atoms in total. The van der Waals surface area contributed by atoms with Crippen LogP contribution in [0.2, 0.25) is 0 Å². The molecule has 0 atom stereocenters. The van der Waals surface area contributed by atoms with E-state index in [1.807, 2.05) is 55.5 Å². The molecule has 0 amide bonds. The van der Waals surface area contributed by atoms with Crippen molar-refractivity contribution in [1.82, 2.24) is 10.1 Å². The van der Waals surface area contributed by atoms with E-state index in [0.717, 1.165) is 22.4 Å². The second-order valence-corrected chi connectivity index (χ2v) is 4.44. The van der Waals surface area contributed by atoms with Crippen LogP contribution in [0, 0.1) is 6.92 Å². The molecule has 20 heavy (non-hydrogen) atoms. The molecule has 0 saturated carbocycles. The summed E-state index contributed by atoms with van der Waals surface area (Å²) in [4.78, 5) is 4.46. The van der Waals surface area contributed by atoms with E-state index in [1.165, 1.54) is 0 Å². The molecule has 0 aliphatic rings. The minimum Gasteiger partial charge on any atom is -0.496 e. The summed E-state index contributed by atoms with van der Waals surface area (Å²) < 4.78 is 10.7. The zero-order valence-electron chi connectivity index (χ0n) is 11.3. The van der Waals surface area contributed by atoms with Crippen LogP contribution >= 0.6 is 0 Å². The van der Waals surface area contributed by atoms with Gasteiger partial charge in [0.1, 0.15) is 5.75 Å². The zero-order valence-corrected chi connectivity index (χ0v) is 11.3. The molecule has 0 N–H and O–H groups in total. The Kier molecular flexibility index (Phi) is 3.21. The average molecular weight is 266 g/mol. The standard InChI is InChI=1S/C16H14N2O2/c1-11-7-3-4-8-12(11)16-17-15(18-20-16)13-9-5-6-10-14(13)19-2/h3-10H,1-2H3. The molecule has 0 bridgehead atoms. The molecule has 2 aromatic carbocycles. The fourth-order valence-electron chi connectivity index (χ4n) is 2.08. The van der Waals surface area contributed by atoms with Gasteiger partial charge in [-0.15, -0.1) is 0 Å². The number of para-hydroxylation sites is 1. The Morgan fingerprint density at radius 3 is 2.40 bits per heavy atom. The van der Waals surface area contributed by atoms with Gasteiger partial charge in [-0.2, -0.15) is 4.98 Å². The number of aromatic nitrogens is 2. The van der Waals surface area contributed by atoms with Crippen molar-refractivity contribution in [1.29, 1.82) is 0 Å². The summed E-state index contributed by atoms with van der Waals surface area (Å²) in [6.07, 6.45) is 0. The third-order valence-corrected chi connectivity index (χ3v) is 3.15. The van der Waals surface area contributed by atoms with Crippen LogP contribution in [0.3, 0.4) is 0 Å². The molecule has 3 rings (SSSR count). The summed E-state index contributed by atoms with van der Waals surface area (Å²) in [7, 11) is 1.63. The molecule has 100 valence electrons. The van der Waals surface area contributed by atoms with Crippen LogP contribution in [-0.2, 0) is 0 Å². The van der Waals surface area contributed by atoms with Crippen molar-refractivity contribution in [2.24, 2.45) is 0 Å². The van der Waals surface area contributed by atoms with Crippen molar-refractivity contribution in [3.05, 3.63) is 54.1 Å². The molecule has 1 aromatic heterocycles. The van der Waals surface area contributed by atoms with Crippen LogP contribution in [0.4, 0.5) is 0 Å². The molecule has 0 radical (unpaired) electrons. The Hall–Kier alpha value is -2.62. The van der Waals surface area contributed by atoms with Gasteiger partial charge in [-0.25, -0.2) is 0 Å². The zero-order chi connectivity index (χ0) is 13.9. The van der Waals surface area contributed by atoms with E-state index in [4.69, 9.17) is 9.26 Å². The molecule has 1 heterocycles. The van der Waals surface area contributed by atoms with Gasteiger partial charge in [-0.1, -0.05) is 35.5 Å². The van der Waals surface area contributed by atoms with Crippen LogP contribution in [0.5, 0.6) is 5.75 Å². The normalized spacial score (nSPS) is 10.5. The van der Waals surface area contributed by atoms with Crippen LogP contribution in [-0.4, -0.2) is 17.3 Å². The van der Waals surface area contributed by atoms with E-state index in [1.54, 1.807) is 7.11 Å². The van der Waals surface area contributed by atoms with Crippen molar-refractivity contribution < 1.29 is 9.26 Å². The summed E-state index contributed by atoms with van der Waals surface area (Å²) >= 11 is 0. The first-order chi connectivity index (χ1) is 9.79. The van der Waals surface area contributed by atoms with Crippen LogP contribution in [0.25, 0.3) is 22.8 Å². The third kappa shape index (κ3) is 2.16.